The number of likely N-dealkylation sites (tertiary alicyclic amines) is 1. The fraction of sp³-hybridized carbons (Fsp3) is 0.579. The summed E-state index contributed by atoms with van der Waals surface area (Å²) in [5, 5.41) is 0. The van der Waals surface area contributed by atoms with Gasteiger partial charge in [0.2, 0.25) is 5.91 Å². The summed E-state index contributed by atoms with van der Waals surface area (Å²) in [4.78, 5) is 26.9. The van der Waals surface area contributed by atoms with Crippen LogP contribution in [0.4, 0.5) is 0 Å². The standard InChI is InChI=1S/C19H28N2O3/c1-19(2,3)17(20)18(23)21-11-9-14(10-12-21)16(22)13-5-7-15(24-4)8-6-13/h5-8,14,17H,9-12,20H2,1-4H3/t17-/m1/s1. The van der Waals surface area contributed by atoms with E-state index in [-0.39, 0.29) is 23.0 Å². The second-order valence-corrected chi connectivity index (χ2v) is 7.54. The van der Waals surface area contributed by atoms with E-state index in [4.69, 9.17) is 10.5 Å². The van der Waals surface area contributed by atoms with Gasteiger partial charge in [0.25, 0.3) is 0 Å². The molecule has 1 heterocycles. The number of benzene rings is 1. The largest absolute Gasteiger partial charge is 0.497 e. The number of hydrogen-bond acceptors (Lipinski definition) is 4. The highest BCUT2D eigenvalue weighted by molar-refractivity contribution is 5.98. The Morgan fingerprint density at radius 1 is 1.17 bits per heavy atom. The van der Waals surface area contributed by atoms with Gasteiger partial charge in [-0.3, -0.25) is 9.59 Å². The zero-order valence-corrected chi connectivity index (χ0v) is 15.0. The Kier molecular flexibility index (Phi) is 5.65. The van der Waals surface area contributed by atoms with E-state index in [2.05, 4.69) is 0 Å². The van der Waals surface area contributed by atoms with Crippen molar-refractivity contribution in [3.05, 3.63) is 29.8 Å². The maximum atomic E-state index is 12.6. The first-order valence-electron chi connectivity index (χ1n) is 8.46. The number of ketones is 1. The Morgan fingerprint density at radius 2 is 1.71 bits per heavy atom. The van der Waals surface area contributed by atoms with Crippen molar-refractivity contribution in [2.24, 2.45) is 17.1 Å². The molecular weight excluding hydrogens is 304 g/mol. The molecule has 5 nitrogen and oxygen atoms in total. The van der Waals surface area contributed by atoms with Gasteiger partial charge < -0.3 is 15.4 Å². The molecule has 2 rings (SSSR count). The van der Waals surface area contributed by atoms with E-state index in [9.17, 15) is 9.59 Å². The average Bonchev–Trinajstić information content (AvgIpc) is 2.59. The average molecular weight is 332 g/mol. The van der Waals surface area contributed by atoms with E-state index in [1.165, 1.54) is 0 Å². The molecule has 1 amide bonds. The first kappa shape index (κ1) is 18.5. The predicted octanol–water partition coefficient (Wildman–Crippen LogP) is 2.49. The lowest BCUT2D eigenvalue weighted by Gasteiger charge is -2.36. The number of nitrogens with two attached hydrogens (primary N) is 1. The Labute approximate surface area is 144 Å². The molecule has 132 valence electrons. The number of hydrogen-bond donors (Lipinski definition) is 1. The van der Waals surface area contributed by atoms with E-state index < -0.39 is 6.04 Å². The first-order chi connectivity index (χ1) is 11.2. The molecule has 0 unspecified atom stereocenters. The van der Waals surface area contributed by atoms with Gasteiger partial charge in [0.15, 0.2) is 5.78 Å². The third kappa shape index (κ3) is 4.15. The number of carbonyl (C=O) groups excluding carboxylic acids is 2. The van der Waals surface area contributed by atoms with Crippen LogP contribution in [0.3, 0.4) is 0 Å². The number of amides is 1. The number of Topliss-reactive ketones (excluding diaryl/α,β-unsaturated/α-hetero) is 1. The first-order valence-corrected chi connectivity index (χ1v) is 8.46. The molecule has 1 aromatic carbocycles. The Bertz CT molecular complexity index is 582. The molecule has 24 heavy (non-hydrogen) atoms. The quantitative estimate of drug-likeness (QED) is 0.860. The van der Waals surface area contributed by atoms with Crippen molar-refractivity contribution in [2.75, 3.05) is 20.2 Å². The van der Waals surface area contributed by atoms with Crippen LogP contribution in [0.15, 0.2) is 24.3 Å². The molecule has 0 aromatic heterocycles. The minimum atomic E-state index is -0.508. The SMILES string of the molecule is COc1ccc(C(=O)C2CCN(C(=O)[C@@H](N)C(C)(C)C)CC2)cc1. The molecule has 5 heteroatoms. The van der Waals surface area contributed by atoms with Crippen molar-refractivity contribution in [3.63, 3.8) is 0 Å². The summed E-state index contributed by atoms with van der Waals surface area (Å²) in [6.45, 7) is 7.09. The topological polar surface area (TPSA) is 72.6 Å². The molecule has 1 aliphatic heterocycles. The molecule has 1 saturated heterocycles. The summed E-state index contributed by atoms with van der Waals surface area (Å²) in [7, 11) is 1.60. The molecule has 1 aliphatic rings. The van der Waals surface area contributed by atoms with Gasteiger partial charge in [-0.25, -0.2) is 0 Å². The lowest BCUT2D eigenvalue weighted by atomic mass is 9.85. The molecule has 1 atom stereocenters. The monoisotopic (exact) mass is 332 g/mol. The van der Waals surface area contributed by atoms with Crippen LogP contribution in [0, 0.1) is 11.3 Å². The van der Waals surface area contributed by atoms with Gasteiger partial charge in [-0.2, -0.15) is 0 Å². The number of ether oxygens (including phenoxy) is 1. The Morgan fingerprint density at radius 3 is 2.17 bits per heavy atom. The molecule has 1 aromatic rings. The van der Waals surface area contributed by atoms with Crippen LogP contribution >= 0.6 is 0 Å². The van der Waals surface area contributed by atoms with E-state index >= 15 is 0 Å². The van der Waals surface area contributed by atoms with E-state index in [1.807, 2.05) is 20.8 Å². The highest BCUT2D eigenvalue weighted by Gasteiger charge is 2.34. The second kappa shape index (κ2) is 7.34. The van der Waals surface area contributed by atoms with Gasteiger partial charge in [0.1, 0.15) is 5.75 Å². The number of piperidine rings is 1. The summed E-state index contributed by atoms with van der Waals surface area (Å²) in [5.74, 6) is 0.833. The van der Waals surface area contributed by atoms with Crippen molar-refractivity contribution in [1.29, 1.82) is 0 Å². The number of nitrogens with zero attached hydrogens (tertiary/aromatic N) is 1. The zero-order valence-electron chi connectivity index (χ0n) is 15.0. The molecule has 0 aliphatic carbocycles. The Balaban J connectivity index is 1.94. The van der Waals surface area contributed by atoms with E-state index in [1.54, 1.807) is 36.3 Å². The molecule has 0 radical (unpaired) electrons. The maximum Gasteiger partial charge on any atom is 0.240 e. The summed E-state index contributed by atoms with van der Waals surface area (Å²) < 4.78 is 5.12. The molecule has 1 fully saturated rings. The predicted molar refractivity (Wildman–Crippen MR) is 94.1 cm³/mol. The normalized spacial score (nSPS) is 17.5. The van der Waals surface area contributed by atoms with Crippen LogP contribution in [0.2, 0.25) is 0 Å². The molecule has 0 bridgehead atoms. The van der Waals surface area contributed by atoms with Gasteiger partial charge in [-0.05, 0) is 42.5 Å². The maximum absolute atomic E-state index is 12.6. The lowest BCUT2D eigenvalue weighted by Crippen LogP contribution is -2.52. The van der Waals surface area contributed by atoms with Crippen LogP contribution in [-0.2, 0) is 4.79 Å². The molecule has 0 saturated carbocycles. The van der Waals surface area contributed by atoms with Crippen molar-refractivity contribution in [1.82, 2.24) is 4.90 Å². The van der Waals surface area contributed by atoms with Crippen LogP contribution in [0.5, 0.6) is 5.75 Å². The molecule has 0 spiro atoms. The number of rotatable bonds is 4. The number of methoxy groups -OCH3 is 1. The molecular formula is C19H28N2O3. The minimum absolute atomic E-state index is 0.0159. The van der Waals surface area contributed by atoms with Crippen LogP contribution in [0.1, 0.15) is 44.0 Å². The third-order valence-corrected chi connectivity index (χ3v) is 4.75. The highest BCUT2D eigenvalue weighted by Crippen LogP contribution is 2.25. The summed E-state index contributed by atoms with van der Waals surface area (Å²) in [6, 6.07) is 6.69. The smallest absolute Gasteiger partial charge is 0.240 e. The highest BCUT2D eigenvalue weighted by atomic mass is 16.5. The minimum Gasteiger partial charge on any atom is -0.497 e. The fourth-order valence-corrected chi connectivity index (χ4v) is 2.92. The van der Waals surface area contributed by atoms with Crippen LogP contribution in [-0.4, -0.2) is 42.8 Å². The van der Waals surface area contributed by atoms with Crippen LogP contribution < -0.4 is 10.5 Å². The summed E-state index contributed by atoms with van der Waals surface area (Å²) in [5.41, 5.74) is 6.51. The Hall–Kier alpha value is -1.88. The lowest BCUT2D eigenvalue weighted by molar-refractivity contribution is -0.136. The van der Waals surface area contributed by atoms with Gasteiger partial charge in [0.05, 0.1) is 13.2 Å². The fourth-order valence-electron chi connectivity index (χ4n) is 2.92. The molecule has 2 N–H and O–H groups in total. The van der Waals surface area contributed by atoms with Crippen molar-refractivity contribution in [3.8, 4) is 5.75 Å². The van der Waals surface area contributed by atoms with Crippen molar-refractivity contribution < 1.29 is 14.3 Å². The zero-order chi connectivity index (χ0) is 17.9. The van der Waals surface area contributed by atoms with Gasteiger partial charge in [0, 0.05) is 24.6 Å². The van der Waals surface area contributed by atoms with Crippen LogP contribution in [0.25, 0.3) is 0 Å². The third-order valence-electron chi connectivity index (χ3n) is 4.75. The van der Waals surface area contributed by atoms with E-state index in [0.717, 1.165) is 5.75 Å². The van der Waals surface area contributed by atoms with Gasteiger partial charge >= 0.3 is 0 Å². The van der Waals surface area contributed by atoms with E-state index in [0.29, 0.717) is 31.5 Å². The number of carbonyl (C=O) groups is 2. The summed E-state index contributed by atoms with van der Waals surface area (Å²) >= 11 is 0. The van der Waals surface area contributed by atoms with Crippen molar-refractivity contribution in [2.45, 2.75) is 39.7 Å². The van der Waals surface area contributed by atoms with Crippen molar-refractivity contribution >= 4 is 11.7 Å². The van der Waals surface area contributed by atoms with Gasteiger partial charge in [-0.15, -0.1) is 0 Å². The second-order valence-electron chi connectivity index (χ2n) is 7.54. The van der Waals surface area contributed by atoms with Gasteiger partial charge in [-0.1, -0.05) is 20.8 Å². The summed E-state index contributed by atoms with van der Waals surface area (Å²) in [6.07, 6.45) is 1.38.